The Balaban J connectivity index is 3.36. The van der Waals surface area contributed by atoms with Crippen molar-refractivity contribution in [2.24, 2.45) is 5.73 Å². The fraction of sp³-hybridized carbons (Fsp3) is 1.00. The predicted octanol–water partition coefficient (Wildman–Crippen LogP) is 0.628. The van der Waals surface area contributed by atoms with Gasteiger partial charge in [-0.15, -0.1) is 5.79 Å². The van der Waals surface area contributed by atoms with Crippen LogP contribution in [-0.4, -0.2) is 21.8 Å². The Hall–Kier alpha value is 0.492. The van der Waals surface area contributed by atoms with Gasteiger partial charge in [-0.25, -0.2) is 0 Å². The van der Waals surface area contributed by atoms with Crippen LogP contribution in [0, 0.1) is 0 Å². The Labute approximate surface area is 52.0 Å². The summed E-state index contributed by atoms with van der Waals surface area (Å²) in [5.41, 5.74) is 5.45. The van der Waals surface area contributed by atoms with Crippen LogP contribution in [0.2, 0.25) is 10.1 Å². The summed E-state index contributed by atoms with van der Waals surface area (Å²) < 4.78 is 0.500. The zero-order valence-corrected chi connectivity index (χ0v) is 6.91. The van der Waals surface area contributed by atoms with Gasteiger partial charge in [0, 0.05) is 0 Å². The van der Waals surface area contributed by atoms with Crippen molar-refractivity contribution in [3.63, 3.8) is 0 Å². The van der Waals surface area contributed by atoms with Crippen LogP contribution in [0.5, 0.6) is 0 Å². The van der Waals surface area contributed by atoms with Gasteiger partial charge in [0.1, 0.15) is 0 Å². The molecule has 0 saturated heterocycles. The molecule has 42 valence electrons. The van der Waals surface area contributed by atoms with E-state index in [0.717, 1.165) is 6.54 Å². The van der Waals surface area contributed by atoms with E-state index < -0.39 is 0 Å². The molecule has 0 atom stereocenters. The van der Waals surface area contributed by atoms with Crippen LogP contribution in [-0.2, 0) is 0 Å². The summed E-state index contributed by atoms with van der Waals surface area (Å²) in [6, 6.07) is 0. The summed E-state index contributed by atoms with van der Waals surface area (Å²) >= 11 is 0.117. The first-order valence-electron chi connectivity index (χ1n) is 2.82. The molecule has 2 N–H and O–H groups in total. The molecule has 0 aromatic carbocycles. The molecule has 0 radical (unpaired) electrons. The summed E-state index contributed by atoms with van der Waals surface area (Å²) in [6.45, 7) is 5.33. The first kappa shape index (κ1) is 7.49. The van der Waals surface area contributed by atoms with Crippen molar-refractivity contribution in [1.29, 1.82) is 0 Å². The number of rotatable bonds is 2. The van der Waals surface area contributed by atoms with Gasteiger partial charge in [0.05, 0.1) is 0 Å². The van der Waals surface area contributed by atoms with Gasteiger partial charge in [-0.1, -0.05) is 18.1 Å². The van der Waals surface area contributed by atoms with E-state index in [9.17, 15) is 0 Å². The SMILES string of the molecule is [CH3][AlH][C](C)(C)CN. The van der Waals surface area contributed by atoms with E-state index >= 15 is 0 Å². The van der Waals surface area contributed by atoms with Crippen LogP contribution in [0.4, 0.5) is 0 Å². The fourth-order valence-corrected chi connectivity index (χ4v) is 0.433. The minimum atomic E-state index is 0.117. The average molecular weight is 115 g/mol. The molecule has 0 rings (SSSR count). The zero-order chi connectivity index (χ0) is 5.91. The van der Waals surface area contributed by atoms with Gasteiger partial charge in [-0.3, -0.25) is 0 Å². The molecule has 0 aliphatic carbocycles. The van der Waals surface area contributed by atoms with Gasteiger partial charge in [-0.2, -0.15) is 0 Å². The van der Waals surface area contributed by atoms with E-state index in [-0.39, 0.29) is 15.2 Å². The quantitative estimate of drug-likeness (QED) is 0.525. The maximum absolute atomic E-state index is 5.45. The summed E-state index contributed by atoms with van der Waals surface area (Å²) in [6.07, 6.45) is 0. The lowest BCUT2D eigenvalue weighted by Crippen LogP contribution is -2.21. The minimum Gasteiger partial charge on any atom is -0.331 e. The maximum atomic E-state index is 5.45. The summed E-state index contributed by atoms with van der Waals surface area (Å²) in [5, 5.41) is 0. The topological polar surface area (TPSA) is 26.0 Å². The number of hydrogen-bond acceptors (Lipinski definition) is 1. The Morgan fingerprint density at radius 3 is 2.00 bits per heavy atom. The third kappa shape index (κ3) is 3.11. The van der Waals surface area contributed by atoms with Crippen LogP contribution in [0.1, 0.15) is 13.8 Å². The van der Waals surface area contributed by atoms with Gasteiger partial charge in [0.25, 0.3) is 0 Å². The molecule has 0 fully saturated rings. The van der Waals surface area contributed by atoms with Crippen LogP contribution in [0.15, 0.2) is 0 Å². The molecule has 1 nitrogen and oxygen atoms in total. The smallest absolute Gasteiger partial charge is 0.243 e. The van der Waals surface area contributed by atoms with E-state index in [4.69, 9.17) is 5.73 Å². The number of nitrogens with two attached hydrogens (primary N) is 1. The third-order valence-corrected chi connectivity index (χ3v) is 3.71. The standard InChI is InChI=1S/C4H10N.CH3.Al.H/c1-4(2)3-5;;;/h3,5H2,1-2H3;1H3;;. The van der Waals surface area contributed by atoms with Gasteiger partial charge >= 0.3 is 0 Å². The Kier molecular flexibility index (Phi) is 2.91. The molecule has 0 unspecified atom stereocenters. The first-order valence-corrected chi connectivity index (χ1v) is 4.94. The molecule has 0 aliphatic rings. The molecule has 0 saturated carbocycles. The highest BCUT2D eigenvalue weighted by molar-refractivity contribution is 6.38. The van der Waals surface area contributed by atoms with Crippen LogP contribution >= 0.6 is 0 Å². The van der Waals surface area contributed by atoms with Crippen LogP contribution in [0.25, 0.3) is 0 Å². The van der Waals surface area contributed by atoms with Gasteiger partial charge in [0.2, 0.25) is 15.2 Å². The highest BCUT2D eigenvalue weighted by Gasteiger charge is 2.12. The lowest BCUT2D eigenvalue weighted by molar-refractivity contribution is 0.683. The Morgan fingerprint density at radius 2 is 2.00 bits per heavy atom. The monoisotopic (exact) mass is 115 g/mol. The highest BCUT2D eigenvalue weighted by Crippen LogP contribution is 2.18. The second-order valence-electron chi connectivity index (χ2n) is 2.72. The normalized spacial score (nSPS) is 11.4. The maximum Gasteiger partial charge on any atom is 0.243 e. The molecule has 0 bridgehead atoms. The molecular weight excluding hydrogens is 101 g/mol. The van der Waals surface area contributed by atoms with E-state index in [1.807, 2.05) is 0 Å². The highest BCUT2D eigenvalue weighted by atomic mass is 27.1. The largest absolute Gasteiger partial charge is 0.331 e. The molecule has 2 heteroatoms. The fourth-order valence-electron chi connectivity index (χ4n) is 0.144. The molecule has 0 spiro atoms. The van der Waals surface area contributed by atoms with E-state index in [1.54, 1.807) is 0 Å². The summed E-state index contributed by atoms with van der Waals surface area (Å²) in [4.78, 5) is 0. The van der Waals surface area contributed by atoms with Crippen LogP contribution < -0.4 is 5.73 Å². The van der Waals surface area contributed by atoms with Crippen molar-refractivity contribution in [2.75, 3.05) is 6.54 Å². The summed E-state index contributed by atoms with van der Waals surface area (Å²) in [7, 11) is 0. The van der Waals surface area contributed by atoms with Crippen molar-refractivity contribution < 1.29 is 0 Å². The van der Waals surface area contributed by atoms with Crippen molar-refractivity contribution in [3.05, 3.63) is 0 Å². The van der Waals surface area contributed by atoms with Crippen molar-refractivity contribution >= 4 is 15.2 Å². The second-order valence-corrected chi connectivity index (χ2v) is 5.34. The lowest BCUT2D eigenvalue weighted by Gasteiger charge is -2.16. The Bertz CT molecular complexity index is 46.0. The Morgan fingerprint density at radius 1 is 1.57 bits per heavy atom. The van der Waals surface area contributed by atoms with Crippen molar-refractivity contribution in [2.45, 2.75) is 23.9 Å². The predicted molar refractivity (Wildman–Crippen MR) is 36.1 cm³/mol. The molecule has 0 aromatic heterocycles. The number of hydrogen-bond donors (Lipinski definition) is 1. The zero-order valence-electron chi connectivity index (χ0n) is 5.49. The lowest BCUT2D eigenvalue weighted by atomic mass is 10.2. The van der Waals surface area contributed by atoms with Crippen molar-refractivity contribution in [3.8, 4) is 0 Å². The minimum absolute atomic E-state index is 0.117. The van der Waals surface area contributed by atoms with Gasteiger partial charge in [-0.05, 0) is 6.54 Å². The first-order chi connectivity index (χ1) is 3.12. The van der Waals surface area contributed by atoms with Gasteiger partial charge in [0.15, 0.2) is 0 Å². The third-order valence-electron chi connectivity index (χ3n) is 1.51. The molecule has 0 aliphatic heterocycles. The van der Waals surface area contributed by atoms with E-state index in [1.165, 1.54) is 0 Å². The molecule has 0 aromatic rings. The van der Waals surface area contributed by atoms with Gasteiger partial charge < -0.3 is 5.73 Å². The molecule has 0 amide bonds. The summed E-state index contributed by atoms with van der Waals surface area (Å²) in [5.74, 6) is 2.30. The molecule has 0 heterocycles. The second kappa shape index (κ2) is 2.72. The van der Waals surface area contributed by atoms with E-state index in [2.05, 4.69) is 19.6 Å². The van der Waals surface area contributed by atoms with E-state index in [0.29, 0.717) is 4.28 Å². The van der Waals surface area contributed by atoms with Crippen molar-refractivity contribution in [1.82, 2.24) is 0 Å². The average Bonchev–Trinajstić information content (AvgIpc) is 1.68. The van der Waals surface area contributed by atoms with Crippen LogP contribution in [0.3, 0.4) is 0 Å². The molecular formula is C5H14AlN. The molecule has 7 heavy (non-hydrogen) atoms.